The van der Waals surface area contributed by atoms with E-state index in [1.165, 1.54) is 0 Å². The second-order valence-corrected chi connectivity index (χ2v) is 6.97. The minimum Gasteiger partial charge on any atom is -0.422 e. The molecular weight excluding hydrogens is 324 g/mol. The Hall–Kier alpha value is -3.06. The van der Waals surface area contributed by atoms with E-state index >= 15 is 0 Å². The summed E-state index contributed by atoms with van der Waals surface area (Å²) in [6.45, 7) is 3.95. The first-order valence-corrected chi connectivity index (χ1v) is 8.98. The van der Waals surface area contributed by atoms with E-state index in [0.29, 0.717) is 17.4 Å². The van der Waals surface area contributed by atoms with Crippen LogP contribution in [-0.2, 0) is 0 Å². The van der Waals surface area contributed by atoms with Gasteiger partial charge in [-0.1, -0.05) is 49.4 Å². The zero-order chi connectivity index (χ0) is 18.1. The van der Waals surface area contributed by atoms with Crippen molar-refractivity contribution in [3.05, 3.63) is 64.5 Å². The second kappa shape index (κ2) is 6.68. The lowest BCUT2D eigenvalue weighted by Crippen LogP contribution is -2.34. The van der Waals surface area contributed by atoms with Gasteiger partial charge in [-0.2, -0.15) is 5.26 Å². The minimum atomic E-state index is -0.563. The standard InChI is InChI=1S/C22H20N2O2/c1-15-9-11-24(12-10-15)20-13-21(26-22(25)19(20)14-23)18-8-4-6-16-5-2-3-7-17(16)18/h2-8,13,15H,9-12H2,1H3. The van der Waals surface area contributed by atoms with Crippen LogP contribution in [0.2, 0.25) is 0 Å². The quantitative estimate of drug-likeness (QED) is 0.683. The molecule has 0 spiro atoms. The number of hydrogen-bond donors (Lipinski definition) is 0. The summed E-state index contributed by atoms with van der Waals surface area (Å²) < 4.78 is 5.54. The number of rotatable bonds is 2. The van der Waals surface area contributed by atoms with Crippen molar-refractivity contribution in [2.45, 2.75) is 19.8 Å². The monoisotopic (exact) mass is 344 g/mol. The zero-order valence-electron chi connectivity index (χ0n) is 14.7. The van der Waals surface area contributed by atoms with Gasteiger partial charge in [0.15, 0.2) is 5.56 Å². The summed E-state index contributed by atoms with van der Waals surface area (Å²) in [6.07, 6.45) is 2.13. The number of nitriles is 1. The molecule has 0 radical (unpaired) electrons. The van der Waals surface area contributed by atoms with Crippen LogP contribution in [0.4, 0.5) is 5.69 Å². The highest BCUT2D eigenvalue weighted by Gasteiger charge is 2.22. The molecule has 0 aliphatic carbocycles. The molecule has 2 heterocycles. The number of nitrogens with zero attached hydrogens (tertiary/aromatic N) is 2. The molecule has 1 saturated heterocycles. The van der Waals surface area contributed by atoms with Crippen LogP contribution in [0.15, 0.2) is 57.7 Å². The molecule has 2 aromatic carbocycles. The van der Waals surface area contributed by atoms with Gasteiger partial charge >= 0.3 is 5.63 Å². The van der Waals surface area contributed by atoms with Crippen LogP contribution in [0, 0.1) is 17.2 Å². The number of benzene rings is 2. The van der Waals surface area contributed by atoms with Gasteiger partial charge in [0.2, 0.25) is 0 Å². The van der Waals surface area contributed by atoms with Gasteiger partial charge in [0, 0.05) is 24.7 Å². The van der Waals surface area contributed by atoms with Gasteiger partial charge in [0.25, 0.3) is 0 Å². The number of anilines is 1. The molecule has 0 unspecified atom stereocenters. The number of fused-ring (bicyclic) bond motifs is 1. The van der Waals surface area contributed by atoms with Crippen molar-refractivity contribution >= 4 is 16.5 Å². The van der Waals surface area contributed by atoms with Crippen LogP contribution in [-0.4, -0.2) is 13.1 Å². The van der Waals surface area contributed by atoms with Crippen molar-refractivity contribution in [2.75, 3.05) is 18.0 Å². The highest BCUT2D eigenvalue weighted by atomic mass is 16.4. The molecule has 1 fully saturated rings. The molecule has 1 aromatic heterocycles. The Kier molecular flexibility index (Phi) is 4.22. The molecular formula is C22H20N2O2. The zero-order valence-corrected chi connectivity index (χ0v) is 14.7. The minimum absolute atomic E-state index is 0.100. The van der Waals surface area contributed by atoms with Gasteiger partial charge in [0.05, 0.1) is 5.69 Å². The second-order valence-electron chi connectivity index (χ2n) is 6.97. The summed E-state index contributed by atoms with van der Waals surface area (Å²) in [5, 5.41) is 11.6. The Morgan fingerprint density at radius 1 is 1.12 bits per heavy atom. The molecule has 0 atom stereocenters. The average molecular weight is 344 g/mol. The fourth-order valence-corrected chi connectivity index (χ4v) is 3.66. The molecule has 4 rings (SSSR count). The molecule has 0 saturated carbocycles. The van der Waals surface area contributed by atoms with Crippen LogP contribution >= 0.6 is 0 Å². The van der Waals surface area contributed by atoms with E-state index in [0.717, 1.165) is 42.3 Å². The van der Waals surface area contributed by atoms with E-state index in [2.05, 4.69) is 11.8 Å². The van der Waals surface area contributed by atoms with Crippen molar-refractivity contribution in [2.24, 2.45) is 5.92 Å². The fraction of sp³-hybridized carbons (Fsp3) is 0.273. The predicted molar refractivity (Wildman–Crippen MR) is 103 cm³/mol. The van der Waals surface area contributed by atoms with Crippen molar-refractivity contribution in [1.29, 1.82) is 5.26 Å². The van der Waals surface area contributed by atoms with E-state index in [-0.39, 0.29) is 5.56 Å². The molecule has 26 heavy (non-hydrogen) atoms. The fourth-order valence-electron chi connectivity index (χ4n) is 3.66. The summed E-state index contributed by atoms with van der Waals surface area (Å²) >= 11 is 0. The van der Waals surface area contributed by atoms with Crippen LogP contribution < -0.4 is 10.5 Å². The molecule has 4 heteroatoms. The Morgan fingerprint density at radius 2 is 1.85 bits per heavy atom. The number of piperidine rings is 1. The topological polar surface area (TPSA) is 57.2 Å². The van der Waals surface area contributed by atoms with Crippen LogP contribution in [0.25, 0.3) is 22.1 Å². The largest absolute Gasteiger partial charge is 0.422 e. The molecule has 0 bridgehead atoms. The molecule has 1 aliphatic rings. The molecule has 0 N–H and O–H groups in total. The van der Waals surface area contributed by atoms with Crippen molar-refractivity contribution in [3.8, 4) is 17.4 Å². The van der Waals surface area contributed by atoms with E-state index in [4.69, 9.17) is 4.42 Å². The summed E-state index contributed by atoms with van der Waals surface area (Å²) in [7, 11) is 0. The first-order chi connectivity index (χ1) is 12.7. The third kappa shape index (κ3) is 2.86. The van der Waals surface area contributed by atoms with Gasteiger partial charge in [-0.15, -0.1) is 0 Å². The summed E-state index contributed by atoms with van der Waals surface area (Å²) in [4.78, 5) is 14.6. The smallest absolute Gasteiger partial charge is 0.356 e. The molecule has 4 nitrogen and oxygen atoms in total. The average Bonchev–Trinajstić information content (AvgIpc) is 2.67. The van der Waals surface area contributed by atoms with Gasteiger partial charge in [0.1, 0.15) is 11.8 Å². The molecule has 3 aromatic rings. The first-order valence-electron chi connectivity index (χ1n) is 8.98. The first kappa shape index (κ1) is 16.4. The van der Waals surface area contributed by atoms with Gasteiger partial charge in [-0.3, -0.25) is 0 Å². The van der Waals surface area contributed by atoms with E-state index in [1.807, 2.05) is 54.6 Å². The van der Waals surface area contributed by atoms with Gasteiger partial charge in [-0.25, -0.2) is 4.79 Å². The van der Waals surface area contributed by atoms with Crippen molar-refractivity contribution < 1.29 is 4.42 Å². The lowest BCUT2D eigenvalue weighted by Gasteiger charge is -2.32. The Morgan fingerprint density at radius 3 is 2.62 bits per heavy atom. The van der Waals surface area contributed by atoms with Gasteiger partial charge < -0.3 is 9.32 Å². The van der Waals surface area contributed by atoms with Crippen LogP contribution in [0.1, 0.15) is 25.3 Å². The maximum absolute atomic E-state index is 12.5. The van der Waals surface area contributed by atoms with Crippen molar-refractivity contribution in [3.63, 3.8) is 0 Å². The lowest BCUT2D eigenvalue weighted by molar-refractivity contribution is 0.436. The highest BCUT2D eigenvalue weighted by molar-refractivity contribution is 5.95. The van der Waals surface area contributed by atoms with E-state index < -0.39 is 5.63 Å². The molecule has 0 amide bonds. The maximum Gasteiger partial charge on any atom is 0.356 e. The summed E-state index contributed by atoms with van der Waals surface area (Å²) in [5.41, 5.74) is 1.10. The van der Waals surface area contributed by atoms with Crippen LogP contribution in [0.3, 0.4) is 0 Å². The maximum atomic E-state index is 12.5. The van der Waals surface area contributed by atoms with Gasteiger partial charge in [-0.05, 0) is 29.5 Å². The SMILES string of the molecule is CC1CCN(c2cc(-c3cccc4ccccc34)oc(=O)c2C#N)CC1. The normalized spacial score (nSPS) is 15.2. The lowest BCUT2D eigenvalue weighted by atomic mass is 9.97. The van der Waals surface area contributed by atoms with Crippen molar-refractivity contribution in [1.82, 2.24) is 0 Å². The Bertz CT molecular complexity index is 1050. The summed E-state index contributed by atoms with van der Waals surface area (Å²) in [6, 6.07) is 17.9. The number of hydrogen-bond acceptors (Lipinski definition) is 4. The highest BCUT2D eigenvalue weighted by Crippen LogP contribution is 2.32. The predicted octanol–water partition coefficient (Wildman–Crippen LogP) is 4.57. The molecule has 1 aliphatic heterocycles. The van der Waals surface area contributed by atoms with E-state index in [1.54, 1.807) is 0 Å². The molecule has 130 valence electrons. The summed E-state index contributed by atoms with van der Waals surface area (Å²) in [5.74, 6) is 1.19. The van der Waals surface area contributed by atoms with Crippen LogP contribution in [0.5, 0.6) is 0 Å². The third-order valence-corrected chi connectivity index (χ3v) is 5.22. The van der Waals surface area contributed by atoms with E-state index in [9.17, 15) is 10.1 Å². The Balaban J connectivity index is 1.88. The Labute approximate surface area is 152 Å². The third-order valence-electron chi connectivity index (χ3n) is 5.22.